The number of phenols is 3. The van der Waals surface area contributed by atoms with Crippen LogP contribution in [0.2, 0.25) is 0 Å². The Morgan fingerprint density at radius 3 is 2.27 bits per heavy atom. The van der Waals surface area contributed by atoms with Gasteiger partial charge in [0.15, 0.2) is 11.5 Å². The summed E-state index contributed by atoms with van der Waals surface area (Å²) in [6.07, 6.45) is 0. The number of rotatable bonds is 0. The van der Waals surface area contributed by atoms with E-state index in [2.05, 4.69) is 0 Å². The molecule has 0 fully saturated rings. The Bertz CT molecular complexity index is 494. The standard InChI is InChI=1S/C9H7NO5/c1-10-8(14)3-2-4(11)6(12)7(13)5(3)9(10)15/h2,11-13H,1H3. The maximum absolute atomic E-state index is 11.4. The molecule has 0 aliphatic carbocycles. The van der Waals surface area contributed by atoms with Gasteiger partial charge in [-0.15, -0.1) is 0 Å². The fourth-order valence-electron chi connectivity index (χ4n) is 1.47. The van der Waals surface area contributed by atoms with Gasteiger partial charge in [-0.3, -0.25) is 14.5 Å². The SMILES string of the molecule is CN1C(=O)c2cc(O)c(O)c(O)c2C1=O. The van der Waals surface area contributed by atoms with Gasteiger partial charge in [0.05, 0.1) is 11.1 Å². The first-order valence-electron chi connectivity index (χ1n) is 4.05. The van der Waals surface area contributed by atoms with Crippen molar-refractivity contribution in [2.75, 3.05) is 7.05 Å². The van der Waals surface area contributed by atoms with Crippen molar-refractivity contribution in [3.63, 3.8) is 0 Å². The lowest BCUT2D eigenvalue weighted by Crippen LogP contribution is -2.24. The van der Waals surface area contributed by atoms with Crippen molar-refractivity contribution in [3.05, 3.63) is 17.2 Å². The Kier molecular flexibility index (Phi) is 1.63. The van der Waals surface area contributed by atoms with E-state index in [4.69, 9.17) is 5.11 Å². The fourth-order valence-corrected chi connectivity index (χ4v) is 1.47. The molecular weight excluding hydrogens is 202 g/mol. The monoisotopic (exact) mass is 209 g/mol. The van der Waals surface area contributed by atoms with E-state index in [-0.39, 0.29) is 11.1 Å². The Balaban J connectivity index is 2.81. The summed E-state index contributed by atoms with van der Waals surface area (Å²) in [7, 11) is 1.25. The molecule has 0 bridgehead atoms. The number of nitrogens with zero attached hydrogens (tertiary/aromatic N) is 1. The van der Waals surface area contributed by atoms with Crippen LogP contribution >= 0.6 is 0 Å². The Morgan fingerprint density at radius 2 is 1.67 bits per heavy atom. The molecule has 0 radical (unpaired) electrons. The minimum absolute atomic E-state index is 0.115. The topological polar surface area (TPSA) is 98.1 Å². The molecule has 2 amide bonds. The molecule has 0 saturated carbocycles. The molecular formula is C9H7NO5. The average Bonchev–Trinajstić information content (AvgIpc) is 2.40. The molecule has 15 heavy (non-hydrogen) atoms. The van der Waals surface area contributed by atoms with Crippen molar-refractivity contribution in [2.24, 2.45) is 0 Å². The summed E-state index contributed by atoms with van der Waals surface area (Å²) in [5, 5.41) is 27.7. The van der Waals surface area contributed by atoms with Crippen LogP contribution in [0.25, 0.3) is 0 Å². The summed E-state index contributed by atoms with van der Waals surface area (Å²) in [5.74, 6) is -3.54. The highest BCUT2D eigenvalue weighted by molar-refractivity contribution is 6.23. The molecule has 0 atom stereocenters. The first-order chi connectivity index (χ1) is 6.95. The van der Waals surface area contributed by atoms with E-state index in [0.717, 1.165) is 11.0 Å². The maximum Gasteiger partial charge on any atom is 0.265 e. The zero-order valence-electron chi connectivity index (χ0n) is 7.68. The number of benzene rings is 1. The predicted octanol–water partition coefficient (Wildman–Crippen LogP) is 0.0292. The van der Waals surface area contributed by atoms with Crippen LogP contribution in [0.5, 0.6) is 17.2 Å². The molecule has 1 aliphatic rings. The van der Waals surface area contributed by atoms with Crippen molar-refractivity contribution < 1.29 is 24.9 Å². The molecule has 2 rings (SSSR count). The van der Waals surface area contributed by atoms with Gasteiger partial charge in [-0.25, -0.2) is 0 Å². The fraction of sp³-hybridized carbons (Fsp3) is 0.111. The van der Waals surface area contributed by atoms with Gasteiger partial charge in [-0.05, 0) is 6.07 Å². The van der Waals surface area contributed by atoms with Crippen LogP contribution in [0, 0.1) is 0 Å². The number of carbonyl (C=O) groups is 2. The highest BCUT2D eigenvalue weighted by Crippen LogP contribution is 2.42. The molecule has 0 aromatic heterocycles. The van der Waals surface area contributed by atoms with Crippen molar-refractivity contribution >= 4 is 11.8 Å². The molecule has 78 valence electrons. The van der Waals surface area contributed by atoms with Gasteiger partial charge < -0.3 is 15.3 Å². The number of aromatic hydroxyl groups is 3. The van der Waals surface area contributed by atoms with Gasteiger partial charge >= 0.3 is 0 Å². The van der Waals surface area contributed by atoms with E-state index in [9.17, 15) is 19.8 Å². The molecule has 6 heteroatoms. The normalized spacial score (nSPS) is 14.6. The minimum Gasteiger partial charge on any atom is -0.504 e. The Hall–Kier alpha value is -2.24. The summed E-state index contributed by atoms with van der Waals surface area (Å²) >= 11 is 0. The molecule has 1 aromatic rings. The predicted molar refractivity (Wildman–Crippen MR) is 47.9 cm³/mol. The third-order valence-electron chi connectivity index (χ3n) is 2.31. The number of hydrogen-bond acceptors (Lipinski definition) is 5. The van der Waals surface area contributed by atoms with E-state index < -0.39 is 29.1 Å². The average molecular weight is 209 g/mol. The second-order valence-electron chi connectivity index (χ2n) is 3.18. The highest BCUT2D eigenvalue weighted by Gasteiger charge is 2.37. The molecule has 3 N–H and O–H groups in total. The van der Waals surface area contributed by atoms with Crippen molar-refractivity contribution in [2.45, 2.75) is 0 Å². The molecule has 1 heterocycles. The van der Waals surface area contributed by atoms with Crippen LogP contribution in [-0.2, 0) is 0 Å². The first-order valence-corrected chi connectivity index (χ1v) is 4.05. The minimum atomic E-state index is -0.801. The number of amides is 2. The zero-order chi connectivity index (χ0) is 11.3. The number of hydrogen-bond donors (Lipinski definition) is 3. The number of imide groups is 1. The summed E-state index contributed by atoms with van der Waals surface area (Å²) < 4.78 is 0. The van der Waals surface area contributed by atoms with E-state index in [1.807, 2.05) is 0 Å². The van der Waals surface area contributed by atoms with Crippen LogP contribution in [0.1, 0.15) is 20.7 Å². The van der Waals surface area contributed by atoms with E-state index >= 15 is 0 Å². The van der Waals surface area contributed by atoms with Crippen LogP contribution in [0.15, 0.2) is 6.07 Å². The van der Waals surface area contributed by atoms with Crippen LogP contribution in [-0.4, -0.2) is 39.1 Å². The Labute approximate surface area is 84.0 Å². The summed E-state index contributed by atoms with van der Waals surface area (Å²) in [6.45, 7) is 0. The second kappa shape index (κ2) is 2.63. The number of carbonyl (C=O) groups excluding carboxylic acids is 2. The van der Waals surface area contributed by atoms with Crippen molar-refractivity contribution in [3.8, 4) is 17.2 Å². The number of fused-ring (bicyclic) bond motifs is 1. The smallest absolute Gasteiger partial charge is 0.265 e. The number of phenolic OH excluding ortho intramolecular Hbond substituents is 3. The lowest BCUT2D eigenvalue weighted by atomic mass is 10.1. The molecule has 6 nitrogen and oxygen atoms in total. The van der Waals surface area contributed by atoms with Gasteiger partial charge in [-0.1, -0.05) is 0 Å². The van der Waals surface area contributed by atoms with Crippen LogP contribution in [0.4, 0.5) is 0 Å². The molecule has 0 spiro atoms. The highest BCUT2D eigenvalue weighted by atomic mass is 16.3. The summed E-state index contributed by atoms with van der Waals surface area (Å²) in [5.41, 5.74) is -0.395. The first kappa shape index (κ1) is 9.32. The molecule has 1 aromatic carbocycles. The van der Waals surface area contributed by atoms with E-state index in [1.54, 1.807) is 0 Å². The van der Waals surface area contributed by atoms with E-state index in [1.165, 1.54) is 7.05 Å². The van der Waals surface area contributed by atoms with Gasteiger partial charge in [0, 0.05) is 7.05 Å². The van der Waals surface area contributed by atoms with Crippen molar-refractivity contribution in [1.29, 1.82) is 0 Å². The lowest BCUT2D eigenvalue weighted by Gasteiger charge is -2.04. The summed E-state index contributed by atoms with van der Waals surface area (Å²) in [6, 6.07) is 0.952. The van der Waals surface area contributed by atoms with Gasteiger partial charge in [0.2, 0.25) is 5.75 Å². The quantitative estimate of drug-likeness (QED) is 0.413. The molecule has 1 aliphatic heterocycles. The van der Waals surface area contributed by atoms with Crippen LogP contribution < -0.4 is 0 Å². The summed E-state index contributed by atoms with van der Waals surface area (Å²) in [4.78, 5) is 23.7. The van der Waals surface area contributed by atoms with E-state index in [0.29, 0.717) is 0 Å². The van der Waals surface area contributed by atoms with Crippen LogP contribution in [0.3, 0.4) is 0 Å². The lowest BCUT2D eigenvalue weighted by molar-refractivity contribution is 0.0692. The van der Waals surface area contributed by atoms with Gasteiger partial charge in [0.25, 0.3) is 11.8 Å². The molecule has 0 unspecified atom stereocenters. The second-order valence-corrected chi connectivity index (χ2v) is 3.18. The third-order valence-corrected chi connectivity index (χ3v) is 2.31. The van der Waals surface area contributed by atoms with Gasteiger partial charge in [0.1, 0.15) is 0 Å². The zero-order valence-corrected chi connectivity index (χ0v) is 7.68. The Morgan fingerprint density at radius 1 is 1.07 bits per heavy atom. The molecule has 0 saturated heterocycles. The largest absolute Gasteiger partial charge is 0.504 e. The van der Waals surface area contributed by atoms with Gasteiger partial charge in [-0.2, -0.15) is 0 Å². The maximum atomic E-state index is 11.4. The van der Waals surface area contributed by atoms with Crippen molar-refractivity contribution in [1.82, 2.24) is 4.90 Å². The third kappa shape index (κ3) is 0.983.